The Morgan fingerprint density at radius 1 is 1.22 bits per heavy atom. The molecule has 0 aliphatic heterocycles. The minimum atomic E-state index is -0.255. The summed E-state index contributed by atoms with van der Waals surface area (Å²) in [5.41, 5.74) is -0.255. The molecule has 0 saturated carbocycles. The zero-order valence-corrected chi connectivity index (χ0v) is 15.1. The van der Waals surface area contributed by atoms with Crippen molar-refractivity contribution >= 4 is 53.7 Å². The van der Waals surface area contributed by atoms with Gasteiger partial charge in [0.15, 0.2) is 6.61 Å². The Labute approximate surface area is 132 Å². The van der Waals surface area contributed by atoms with Crippen molar-refractivity contribution in [1.82, 2.24) is 5.32 Å². The van der Waals surface area contributed by atoms with E-state index >= 15 is 0 Å². The van der Waals surface area contributed by atoms with Crippen molar-refractivity contribution in [3.8, 4) is 5.75 Å². The Hall–Kier alpha value is -0.0700. The molecule has 0 aliphatic rings. The van der Waals surface area contributed by atoms with Gasteiger partial charge in [0.25, 0.3) is 5.91 Å². The van der Waals surface area contributed by atoms with Crippen molar-refractivity contribution in [3.63, 3.8) is 0 Å². The molecule has 0 spiro atoms. The minimum Gasteiger partial charge on any atom is -0.481 e. The number of benzene rings is 1. The molecule has 1 aromatic carbocycles. The summed E-state index contributed by atoms with van der Waals surface area (Å²) in [7, 11) is 0. The fourth-order valence-electron chi connectivity index (χ4n) is 1.26. The molecule has 6 heteroatoms. The zero-order valence-electron chi connectivity index (χ0n) is 10.3. The molecule has 3 nitrogen and oxygen atoms in total. The number of carbonyl (C=O) groups excluding carboxylic acids is 1. The van der Waals surface area contributed by atoms with Crippen molar-refractivity contribution in [2.45, 2.75) is 26.3 Å². The molecular weight excluding hydrogens is 430 g/mol. The predicted octanol–water partition coefficient (Wildman–Crippen LogP) is 4.27. The SMILES string of the molecule is CC(C)(C)NC(=O)COc1c(Br)cc(Br)cc1Br. The summed E-state index contributed by atoms with van der Waals surface area (Å²) >= 11 is 10.2. The molecule has 0 saturated heterocycles. The molecule has 0 aliphatic carbocycles. The highest BCUT2D eigenvalue weighted by Crippen LogP contribution is 2.36. The lowest BCUT2D eigenvalue weighted by Gasteiger charge is -2.20. The molecule has 0 heterocycles. The fourth-order valence-corrected chi connectivity index (χ4v) is 3.75. The second kappa shape index (κ2) is 6.39. The third-order valence-corrected chi connectivity index (χ3v) is 3.46. The molecule has 1 rings (SSSR count). The van der Waals surface area contributed by atoms with E-state index in [4.69, 9.17) is 4.74 Å². The molecule has 0 unspecified atom stereocenters. The van der Waals surface area contributed by atoms with Gasteiger partial charge in [-0.05, 0) is 64.8 Å². The van der Waals surface area contributed by atoms with E-state index in [1.54, 1.807) is 0 Å². The van der Waals surface area contributed by atoms with Gasteiger partial charge in [0.1, 0.15) is 5.75 Å². The molecule has 0 aromatic heterocycles. The third kappa shape index (κ3) is 5.28. The molecule has 0 radical (unpaired) electrons. The number of halogens is 3. The van der Waals surface area contributed by atoms with Gasteiger partial charge in [0.2, 0.25) is 0 Å². The summed E-state index contributed by atoms with van der Waals surface area (Å²) < 4.78 is 8.00. The molecule has 100 valence electrons. The van der Waals surface area contributed by atoms with Gasteiger partial charge in [-0.3, -0.25) is 4.79 Å². The topological polar surface area (TPSA) is 38.3 Å². The monoisotopic (exact) mass is 441 g/mol. The fraction of sp³-hybridized carbons (Fsp3) is 0.417. The highest BCUT2D eigenvalue weighted by Gasteiger charge is 2.15. The van der Waals surface area contributed by atoms with Crippen LogP contribution in [0.2, 0.25) is 0 Å². The van der Waals surface area contributed by atoms with Crippen LogP contribution in [0.1, 0.15) is 20.8 Å². The van der Waals surface area contributed by atoms with E-state index in [1.807, 2.05) is 32.9 Å². The van der Waals surface area contributed by atoms with Crippen molar-refractivity contribution < 1.29 is 9.53 Å². The van der Waals surface area contributed by atoms with Gasteiger partial charge < -0.3 is 10.1 Å². The lowest BCUT2D eigenvalue weighted by atomic mass is 10.1. The van der Waals surface area contributed by atoms with E-state index in [2.05, 4.69) is 53.1 Å². The number of ether oxygens (including phenoxy) is 1. The maximum atomic E-state index is 11.6. The largest absolute Gasteiger partial charge is 0.481 e. The lowest BCUT2D eigenvalue weighted by Crippen LogP contribution is -2.43. The number of carbonyl (C=O) groups is 1. The van der Waals surface area contributed by atoms with Crippen LogP contribution >= 0.6 is 47.8 Å². The number of amides is 1. The Kier molecular flexibility index (Phi) is 5.67. The van der Waals surface area contributed by atoms with E-state index in [-0.39, 0.29) is 18.1 Å². The van der Waals surface area contributed by atoms with Crippen LogP contribution in [0.3, 0.4) is 0 Å². The standard InChI is InChI=1S/C12H14Br3NO2/c1-12(2,3)16-10(17)6-18-11-8(14)4-7(13)5-9(11)15/h4-5H,6H2,1-3H3,(H,16,17). The van der Waals surface area contributed by atoms with Gasteiger partial charge in [-0.1, -0.05) is 15.9 Å². The summed E-state index contributed by atoms with van der Waals surface area (Å²) in [6.07, 6.45) is 0. The first-order valence-electron chi connectivity index (χ1n) is 5.27. The number of hydrogen-bond acceptors (Lipinski definition) is 2. The number of nitrogens with one attached hydrogen (secondary N) is 1. The van der Waals surface area contributed by atoms with Gasteiger partial charge in [0.05, 0.1) is 8.95 Å². The van der Waals surface area contributed by atoms with Gasteiger partial charge in [-0.2, -0.15) is 0 Å². The van der Waals surface area contributed by atoms with E-state index in [0.717, 1.165) is 13.4 Å². The average Bonchev–Trinajstić information content (AvgIpc) is 2.12. The summed E-state index contributed by atoms with van der Waals surface area (Å²) in [4.78, 5) is 11.6. The third-order valence-electron chi connectivity index (χ3n) is 1.83. The highest BCUT2D eigenvalue weighted by molar-refractivity contribution is 9.11. The van der Waals surface area contributed by atoms with Crippen LogP contribution in [-0.2, 0) is 4.79 Å². The van der Waals surface area contributed by atoms with Crippen LogP contribution in [-0.4, -0.2) is 18.1 Å². The number of rotatable bonds is 3. The first-order valence-corrected chi connectivity index (χ1v) is 7.65. The van der Waals surface area contributed by atoms with Crippen LogP contribution in [0.5, 0.6) is 5.75 Å². The van der Waals surface area contributed by atoms with Crippen LogP contribution in [0.15, 0.2) is 25.6 Å². The normalized spacial score (nSPS) is 11.2. The van der Waals surface area contributed by atoms with E-state index < -0.39 is 0 Å². The Balaban J connectivity index is 2.67. The van der Waals surface area contributed by atoms with Crippen LogP contribution in [0.4, 0.5) is 0 Å². The summed E-state index contributed by atoms with van der Waals surface area (Å²) in [6.45, 7) is 5.76. The molecular formula is C12H14Br3NO2. The smallest absolute Gasteiger partial charge is 0.258 e. The van der Waals surface area contributed by atoms with Gasteiger partial charge in [0, 0.05) is 10.0 Å². The van der Waals surface area contributed by atoms with E-state index in [9.17, 15) is 4.79 Å². The maximum Gasteiger partial charge on any atom is 0.258 e. The Bertz CT molecular complexity index is 432. The molecule has 1 N–H and O–H groups in total. The highest BCUT2D eigenvalue weighted by atomic mass is 79.9. The minimum absolute atomic E-state index is 0.0178. The van der Waals surface area contributed by atoms with Crippen molar-refractivity contribution in [2.24, 2.45) is 0 Å². The lowest BCUT2D eigenvalue weighted by molar-refractivity contribution is -0.124. The first-order chi connectivity index (χ1) is 8.19. The maximum absolute atomic E-state index is 11.6. The average molecular weight is 444 g/mol. The molecule has 0 fully saturated rings. The van der Waals surface area contributed by atoms with Crippen molar-refractivity contribution in [1.29, 1.82) is 0 Å². The molecule has 0 bridgehead atoms. The molecule has 1 amide bonds. The number of hydrogen-bond donors (Lipinski definition) is 1. The summed E-state index contributed by atoms with van der Waals surface area (Å²) in [5, 5.41) is 2.84. The molecule has 18 heavy (non-hydrogen) atoms. The quantitative estimate of drug-likeness (QED) is 0.757. The first kappa shape index (κ1) is 16.0. The van der Waals surface area contributed by atoms with E-state index in [1.165, 1.54) is 0 Å². The summed E-state index contributed by atoms with van der Waals surface area (Å²) in [6, 6.07) is 3.73. The molecule has 1 aromatic rings. The van der Waals surface area contributed by atoms with Crippen LogP contribution in [0.25, 0.3) is 0 Å². The second-order valence-electron chi connectivity index (χ2n) is 4.79. The predicted molar refractivity (Wildman–Crippen MR) is 82.9 cm³/mol. The molecule has 0 atom stereocenters. The Morgan fingerprint density at radius 3 is 2.17 bits per heavy atom. The van der Waals surface area contributed by atoms with Gasteiger partial charge in [-0.15, -0.1) is 0 Å². The zero-order chi connectivity index (χ0) is 13.9. The van der Waals surface area contributed by atoms with Gasteiger partial charge in [-0.25, -0.2) is 0 Å². The second-order valence-corrected chi connectivity index (χ2v) is 7.41. The van der Waals surface area contributed by atoms with Crippen LogP contribution in [0, 0.1) is 0 Å². The van der Waals surface area contributed by atoms with Crippen molar-refractivity contribution in [3.05, 3.63) is 25.6 Å². The van der Waals surface area contributed by atoms with Crippen LogP contribution < -0.4 is 10.1 Å². The van der Waals surface area contributed by atoms with Gasteiger partial charge >= 0.3 is 0 Å². The van der Waals surface area contributed by atoms with Crippen molar-refractivity contribution in [2.75, 3.05) is 6.61 Å². The Morgan fingerprint density at radius 2 is 1.72 bits per heavy atom. The van der Waals surface area contributed by atoms with E-state index in [0.29, 0.717) is 5.75 Å². The summed E-state index contributed by atoms with van der Waals surface area (Å²) in [5.74, 6) is 0.464.